The van der Waals surface area contributed by atoms with Gasteiger partial charge in [-0.15, -0.1) is 0 Å². The Hall–Kier alpha value is -4.00. The van der Waals surface area contributed by atoms with E-state index in [0.29, 0.717) is 23.0 Å². The van der Waals surface area contributed by atoms with Crippen molar-refractivity contribution in [2.75, 3.05) is 11.4 Å². The van der Waals surface area contributed by atoms with Gasteiger partial charge in [-0.25, -0.2) is 9.18 Å². The van der Waals surface area contributed by atoms with E-state index in [4.69, 9.17) is 0 Å². The van der Waals surface area contributed by atoms with Crippen molar-refractivity contribution in [2.45, 2.75) is 19.5 Å². The second-order valence-electron chi connectivity index (χ2n) is 7.83. The fourth-order valence-electron chi connectivity index (χ4n) is 4.25. The van der Waals surface area contributed by atoms with Crippen LogP contribution in [0.4, 0.5) is 10.1 Å². The molecule has 0 saturated carbocycles. The van der Waals surface area contributed by atoms with Crippen LogP contribution in [0.25, 0.3) is 10.9 Å². The Morgan fingerprint density at radius 1 is 0.875 bits per heavy atom. The van der Waals surface area contributed by atoms with E-state index in [1.165, 1.54) is 28.8 Å². The van der Waals surface area contributed by atoms with E-state index in [9.17, 15) is 18.8 Å². The summed E-state index contributed by atoms with van der Waals surface area (Å²) in [6.45, 7) is 0.362. The van der Waals surface area contributed by atoms with Gasteiger partial charge in [0.05, 0.1) is 17.4 Å². The van der Waals surface area contributed by atoms with E-state index in [0.717, 1.165) is 22.2 Å². The number of hydrogen-bond donors (Lipinski definition) is 0. The Morgan fingerprint density at radius 3 is 2.41 bits per heavy atom. The number of aromatic nitrogens is 2. The molecule has 0 spiro atoms. The second-order valence-corrected chi connectivity index (χ2v) is 7.83. The minimum atomic E-state index is -0.571. The van der Waals surface area contributed by atoms with Gasteiger partial charge in [0, 0.05) is 12.2 Å². The monoisotopic (exact) mass is 429 g/mol. The molecule has 1 amide bonds. The lowest BCUT2D eigenvalue weighted by atomic mass is 10.2. The summed E-state index contributed by atoms with van der Waals surface area (Å²) in [4.78, 5) is 41.3. The number of anilines is 1. The quantitative estimate of drug-likeness (QED) is 0.501. The van der Waals surface area contributed by atoms with Crippen LogP contribution in [0, 0.1) is 5.82 Å². The summed E-state index contributed by atoms with van der Waals surface area (Å²) in [6, 6.07) is 20.1. The van der Waals surface area contributed by atoms with E-state index >= 15 is 0 Å². The average molecular weight is 429 g/mol. The molecule has 1 aliphatic heterocycles. The summed E-state index contributed by atoms with van der Waals surface area (Å²) in [7, 11) is 0. The van der Waals surface area contributed by atoms with Crippen LogP contribution in [-0.2, 0) is 24.3 Å². The van der Waals surface area contributed by atoms with Gasteiger partial charge in [-0.2, -0.15) is 0 Å². The molecule has 7 heteroatoms. The number of carbonyl (C=O) groups excluding carboxylic acids is 1. The Kier molecular flexibility index (Phi) is 4.93. The molecule has 0 fully saturated rings. The Labute approximate surface area is 182 Å². The fraction of sp³-hybridized carbons (Fsp3) is 0.160. The molecule has 1 aliphatic rings. The molecule has 0 radical (unpaired) electrons. The maximum absolute atomic E-state index is 13.4. The predicted molar refractivity (Wildman–Crippen MR) is 120 cm³/mol. The third kappa shape index (κ3) is 3.41. The zero-order chi connectivity index (χ0) is 22.2. The first-order valence-corrected chi connectivity index (χ1v) is 10.4. The minimum Gasteiger partial charge on any atom is -0.310 e. The van der Waals surface area contributed by atoms with Gasteiger partial charge in [-0.3, -0.25) is 18.7 Å². The molecule has 6 nitrogen and oxygen atoms in total. The number of nitrogens with zero attached hydrogens (tertiary/aromatic N) is 3. The molecule has 2 heterocycles. The third-order valence-corrected chi connectivity index (χ3v) is 5.87. The van der Waals surface area contributed by atoms with E-state index < -0.39 is 17.1 Å². The molecule has 160 valence electrons. The van der Waals surface area contributed by atoms with Crippen LogP contribution in [0.3, 0.4) is 0 Å². The van der Waals surface area contributed by atoms with Gasteiger partial charge >= 0.3 is 5.69 Å². The number of fused-ring (bicyclic) bond motifs is 2. The Balaban J connectivity index is 1.58. The summed E-state index contributed by atoms with van der Waals surface area (Å²) in [5, 5.41) is 0.351. The molecule has 0 atom stereocenters. The summed E-state index contributed by atoms with van der Waals surface area (Å²) in [5.41, 5.74) is 1.98. The van der Waals surface area contributed by atoms with E-state index in [1.54, 1.807) is 29.2 Å². The van der Waals surface area contributed by atoms with Gasteiger partial charge in [-0.1, -0.05) is 42.5 Å². The highest BCUT2D eigenvalue weighted by molar-refractivity contribution is 5.96. The van der Waals surface area contributed by atoms with E-state index in [1.807, 2.05) is 24.3 Å². The summed E-state index contributed by atoms with van der Waals surface area (Å²) >= 11 is 0. The molecule has 3 aromatic carbocycles. The lowest BCUT2D eigenvalue weighted by Crippen LogP contribution is -2.43. The summed E-state index contributed by atoms with van der Waals surface area (Å²) in [6.07, 6.45) is 0.766. The van der Waals surface area contributed by atoms with Gasteiger partial charge < -0.3 is 4.90 Å². The normalized spacial score (nSPS) is 12.8. The second kappa shape index (κ2) is 7.92. The van der Waals surface area contributed by atoms with Gasteiger partial charge in [-0.05, 0) is 47.9 Å². The molecule has 0 aliphatic carbocycles. The molecule has 32 heavy (non-hydrogen) atoms. The van der Waals surface area contributed by atoms with E-state index in [2.05, 4.69) is 0 Å². The van der Waals surface area contributed by atoms with Crippen molar-refractivity contribution in [2.24, 2.45) is 0 Å². The molecule has 4 aromatic rings. The molecule has 0 unspecified atom stereocenters. The first-order valence-electron chi connectivity index (χ1n) is 10.4. The molecular weight excluding hydrogens is 409 g/mol. The van der Waals surface area contributed by atoms with Crippen molar-refractivity contribution in [1.82, 2.24) is 9.13 Å². The van der Waals surface area contributed by atoms with Crippen LogP contribution in [-0.4, -0.2) is 21.6 Å². The largest absolute Gasteiger partial charge is 0.332 e. The summed E-state index contributed by atoms with van der Waals surface area (Å²) < 4.78 is 15.7. The van der Waals surface area contributed by atoms with Crippen LogP contribution < -0.4 is 16.1 Å². The highest BCUT2D eigenvalue weighted by Gasteiger charge is 2.25. The molecule has 0 bridgehead atoms. The number of carbonyl (C=O) groups is 1. The van der Waals surface area contributed by atoms with Crippen LogP contribution in [0.1, 0.15) is 11.1 Å². The van der Waals surface area contributed by atoms with Crippen molar-refractivity contribution in [3.63, 3.8) is 0 Å². The van der Waals surface area contributed by atoms with Crippen molar-refractivity contribution in [3.05, 3.63) is 111 Å². The third-order valence-electron chi connectivity index (χ3n) is 5.87. The van der Waals surface area contributed by atoms with Crippen LogP contribution in [0.2, 0.25) is 0 Å². The lowest BCUT2D eigenvalue weighted by Gasteiger charge is -2.19. The number of amides is 1. The highest BCUT2D eigenvalue weighted by Crippen LogP contribution is 2.27. The van der Waals surface area contributed by atoms with Crippen molar-refractivity contribution in [1.29, 1.82) is 0 Å². The topological polar surface area (TPSA) is 64.3 Å². The fourth-order valence-corrected chi connectivity index (χ4v) is 4.25. The lowest BCUT2D eigenvalue weighted by molar-refractivity contribution is -0.119. The Morgan fingerprint density at radius 2 is 1.59 bits per heavy atom. The Bertz CT molecular complexity index is 1450. The zero-order valence-corrected chi connectivity index (χ0v) is 17.2. The zero-order valence-electron chi connectivity index (χ0n) is 17.2. The highest BCUT2D eigenvalue weighted by atomic mass is 19.1. The SMILES string of the molecule is O=C(Cn1c(=O)n(Cc2ccc(F)cc2)c(=O)c2ccccc21)N1CCc2ccccc21. The number of halogens is 1. The number of rotatable bonds is 4. The maximum Gasteiger partial charge on any atom is 0.332 e. The smallest absolute Gasteiger partial charge is 0.310 e. The van der Waals surface area contributed by atoms with Crippen LogP contribution in [0.15, 0.2) is 82.4 Å². The number of hydrogen-bond acceptors (Lipinski definition) is 3. The number of para-hydroxylation sites is 2. The molecule has 0 N–H and O–H groups in total. The maximum atomic E-state index is 13.4. The standard InChI is InChI=1S/C25H20FN3O3/c26-19-11-9-17(10-12-19)15-29-24(31)20-6-2-4-8-22(20)28(25(29)32)16-23(30)27-14-13-18-5-1-3-7-21(18)27/h1-12H,13-16H2. The molecule has 1 aromatic heterocycles. The number of benzene rings is 3. The molecule has 0 saturated heterocycles. The van der Waals surface area contributed by atoms with Crippen LogP contribution >= 0.6 is 0 Å². The first kappa shape index (κ1) is 19.9. The first-order chi connectivity index (χ1) is 15.5. The van der Waals surface area contributed by atoms with Gasteiger partial charge in [0.1, 0.15) is 12.4 Å². The van der Waals surface area contributed by atoms with Crippen molar-refractivity contribution in [3.8, 4) is 0 Å². The predicted octanol–water partition coefficient (Wildman–Crippen LogP) is 2.94. The van der Waals surface area contributed by atoms with Crippen molar-refractivity contribution < 1.29 is 9.18 Å². The van der Waals surface area contributed by atoms with Gasteiger partial charge in [0.25, 0.3) is 5.56 Å². The van der Waals surface area contributed by atoms with Crippen LogP contribution in [0.5, 0.6) is 0 Å². The average Bonchev–Trinajstić information content (AvgIpc) is 3.25. The molecular formula is C25H20FN3O3. The van der Waals surface area contributed by atoms with E-state index in [-0.39, 0.29) is 19.0 Å². The summed E-state index contributed by atoms with van der Waals surface area (Å²) in [5.74, 6) is -0.609. The van der Waals surface area contributed by atoms with Gasteiger partial charge in [0.2, 0.25) is 5.91 Å². The minimum absolute atomic E-state index is 0.0104. The van der Waals surface area contributed by atoms with Gasteiger partial charge in [0.15, 0.2) is 0 Å². The van der Waals surface area contributed by atoms with Crippen molar-refractivity contribution >= 4 is 22.5 Å². The molecule has 5 rings (SSSR count).